The van der Waals surface area contributed by atoms with Gasteiger partial charge in [0, 0.05) is 49.4 Å². The maximum absolute atomic E-state index is 6.53. The summed E-state index contributed by atoms with van der Waals surface area (Å²) in [6.45, 7) is 0. The van der Waals surface area contributed by atoms with Gasteiger partial charge in [-0.2, -0.15) is 0 Å². The van der Waals surface area contributed by atoms with E-state index in [2.05, 4.69) is 95.4 Å². The minimum atomic E-state index is 0.575. The molecule has 0 atom stereocenters. The number of fused-ring (bicyclic) bond motifs is 11. The lowest BCUT2D eigenvalue weighted by Crippen LogP contribution is -2.00. The summed E-state index contributed by atoms with van der Waals surface area (Å²) in [4.78, 5) is 31.1. The van der Waals surface area contributed by atoms with Gasteiger partial charge in [-0.3, -0.25) is 4.40 Å². The van der Waals surface area contributed by atoms with Crippen molar-refractivity contribution >= 4 is 60.6 Å². The Morgan fingerprint density at radius 1 is 0.328 bits per heavy atom. The zero-order valence-corrected chi connectivity index (χ0v) is 34.1. The van der Waals surface area contributed by atoms with Crippen molar-refractivity contribution in [2.24, 2.45) is 0 Å². The van der Waals surface area contributed by atoms with Crippen LogP contribution >= 0.6 is 0 Å². The van der Waals surface area contributed by atoms with Crippen LogP contribution in [0.3, 0.4) is 0 Å². The molecule has 5 aromatic heterocycles. The molecule has 0 saturated carbocycles. The number of aromatic nitrogens is 7. The highest BCUT2D eigenvalue weighted by Gasteiger charge is 2.22. The molecule has 13 rings (SSSR count). The fourth-order valence-electron chi connectivity index (χ4n) is 9.06. The highest BCUT2D eigenvalue weighted by Crippen LogP contribution is 2.41. The molecule has 64 heavy (non-hydrogen) atoms. The van der Waals surface area contributed by atoms with E-state index in [0.717, 1.165) is 99.6 Å². The van der Waals surface area contributed by atoms with E-state index in [9.17, 15) is 0 Å². The van der Waals surface area contributed by atoms with Gasteiger partial charge in [-0.1, -0.05) is 170 Å². The van der Waals surface area contributed by atoms with Crippen LogP contribution in [0.2, 0.25) is 0 Å². The normalized spacial score (nSPS) is 11.8. The van der Waals surface area contributed by atoms with Gasteiger partial charge in [-0.15, -0.1) is 0 Å². The second-order valence-electron chi connectivity index (χ2n) is 15.9. The predicted octanol–water partition coefficient (Wildman–Crippen LogP) is 13.7. The molecule has 5 heterocycles. The highest BCUT2D eigenvalue weighted by atomic mass is 16.3. The van der Waals surface area contributed by atoms with Gasteiger partial charge >= 0.3 is 0 Å². The van der Waals surface area contributed by atoms with Crippen LogP contribution in [0.1, 0.15) is 0 Å². The number of nitrogens with zero attached hydrogens (tertiary/aromatic N) is 7. The van der Waals surface area contributed by atoms with Gasteiger partial charge in [0.1, 0.15) is 16.8 Å². The number of benzene rings is 8. The minimum absolute atomic E-state index is 0.575. The molecule has 8 aromatic carbocycles. The standard InChI is InChI=1S/C56H33N7O/c1-5-16-34(17-6-1)49-50(35-18-7-2-8-19-35)58-56-54(57-49)62-55-43-32-38(28-30-40(43)41-24-13-14-26-45(41)63(55)56)39-29-31-46-44(33-39)48-42(25-15-27-47(48)64-46)53-60-51(36-20-9-3-10-21-36)59-52(61-53)37-22-11-4-12-23-37/h1-33H. The summed E-state index contributed by atoms with van der Waals surface area (Å²) in [6, 6.07) is 68.2. The molecule has 0 aliphatic heterocycles. The molecule has 8 nitrogen and oxygen atoms in total. The summed E-state index contributed by atoms with van der Waals surface area (Å²) in [7, 11) is 0. The molecule has 13 aromatic rings. The molecule has 0 bridgehead atoms. The second kappa shape index (κ2) is 14.4. The third-order valence-electron chi connectivity index (χ3n) is 12.1. The van der Waals surface area contributed by atoms with Crippen LogP contribution in [0.15, 0.2) is 205 Å². The molecular weight excluding hydrogens is 787 g/mol. The highest BCUT2D eigenvalue weighted by molar-refractivity contribution is 6.16. The van der Waals surface area contributed by atoms with Crippen molar-refractivity contribution in [1.82, 2.24) is 34.3 Å². The molecule has 0 saturated heterocycles. The van der Waals surface area contributed by atoms with E-state index < -0.39 is 0 Å². The summed E-state index contributed by atoms with van der Waals surface area (Å²) in [5, 5.41) is 5.12. The first kappa shape index (κ1) is 35.8. The quantitative estimate of drug-likeness (QED) is 0.154. The van der Waals surface area contributed by atoms with Crippen LogP contribution in [-0.2, 0) is 0 Å². The lowest BCUT2D eigenvalue weighted by atomic mass is 9.97. The van der Waals surface area contributed by atoms with Crippen molar-refractivity contribution < 1.29 is 4.42 Å². The lowest BCUT2D eigenvalue weighted by molar-refractivity contribution is 0.669. The van der Waals surface area contributed by atoms with Crippen LogP contribution in [0.4, 0.5) is 0 Å². The fourth-order valence-corrected chi connectivity index (χ4v) is 9.06. The Morgan fingerprint density at radius 3 is 1.56 bits per heavy atom. The first-order chi connectivity index (χ1) is 31.7. The van der Waals surface area contributed by atoms with Gasteiger partial charge in [0.2, 0.25) is 0 Å². The number of para-hydroxylation sites is 1. The summed E-state index contributed by atoms with van der Waals surface area (Å²) in [6.07, 6.45) is 0. The summed E-state index contributed by atoms with van der Waals surface area (Å²) in [5.41, 5.74) is 13.0. The summed E-state index contributed by atoms with van der Waals surface area (Å²) < 4.78 is 8.70. The van der Waals surface area contributed by atoms with Crippen LogP contribution in [0, 0.1) is 0 Å². The van der Waals surface area contributed by atoms with Crippen molar-refractivity contribution in [2.75, 3.05) is 0 Å². The van der Waals surface area contributed by atoms with Gasteiger partial charge in [0.25, 0.3) is 0 Å². The molecule has 0 fully saturated rings. The number of hydrogen-bond donors (Lipinski definition) is 0. The molecule has 0 unspecified atom stereocenters. The Kier molecular flexibility index (Phi) is 8.04. The Balaban J connectivity index is 1.02. The maximum Gasteiger partial charge on any atom is 0.199 e. The van der Waals surface area contributed by atoms with Crippen molar-refractivity contribution in [1.29, 1.82) is 0 Å². The zero-order chi connectivity index (χ0) is 42.1. The maximum atomic E-state index is 6.53. The fraction of sp³-hybridized carbons (Fsp3) is 0. The van der Waals surface area contributed by atoms with Crippen LogP contribution in [-0.4, -0.2) is 34.3 Å². The molecule has 0 amide bonds. The Bertz CT molecular complexity index is 3890. The average Bonchev–Trinajstić information content (AvgIpc) is 3.95. The topological polar surface area (TPSA) is 94.9 Å². The first-order valence-electron chi connectivity index (χ1n) is 21.2. The van der Waals surface area contributed by atoms with E-state index in [4.69, 9.17) is 34.3 Å². The average molecular weight is 820 g/mol. The van der Waals surface area contributed by atoms with E-state index in [0.29, 0.717) is 28.8 Å². The Labute approximate surface area is 365 Å². The number of rotatable bonds is 6. The monoisotopic (exact) mass is 819 g/mol. The zero-order valence-electron chi connectivity index (χ0n) is 34.1. The van der Waals surface area contributed by atoms with Gasteiger partial charge in [0.05, 0.1) is 16.9 Å². The molecule has 8 heteroatoms. The van der Waals surface area contributed by atoms with E-state index >= 15 is 0 Å². The number of hydrogen-bond acceptors (Lipinski definition) is 7. The number of furan rings is 1. The third-order valence-corrected chi connectivity index (χ3v) is 12.1. The minimum Gasteiger partial charge on any atom is -0.456 e. The Hall–Kier alpha value is -8.88. The first-order valence-corrected chi connectivity index (χ1v) is 21.2. The Morgan fingerprint density at radius 2 is 0.891 bits per heavy atom. The predicted molar refractivity (Wildman–Crippen MR) is 257 cm³/mol. The smallest absolute Gasteiger partial charge is 0.199 e. The van der Waals surface area contributed by atoms with E-state index in [1.54, 1.807) is 0 Å². The molecule has 0 spiro atoms. The molecule has 0 radical (unpaired) electrons. The third kappa shape index (κ3) is 5.77. The number of pyridine rings is 1. The van der Waals surface area contributed by atoms with Gasteiger partial charge in [0.15, 0.2) is 28.8 Å². The largest absolute Gasteiger partial charge is 0.456 e. The van der Waals surface area contributed by atoms with Crippen LogP contribution in [0.5, 0.6) is 0 Å². The van der Waals surface area contributed by atoms with E-state index in [1.807, 2.05) is 109 Å². The summed E-state index contributed by atoms with van der Waals surface area (Å²) in [5.74, 6) is 1.79. The second-order valence-corrected chi connectivity index (χ2v) is 15.9. The van der Waals surface area contributed by atoms with Crippen LogP contribution in [0.25, 0.3) is 128 Å². The van der Waals surface area contributed by atoms with Crippen molar-refractivity contribution in [3.8, 4) is 67.8 Å². The van der Waals surface area contributed by atoms with Crippen molar-refractivity contribution in [3.05, 3.63) is 200 Å². The lowest BCUT2D eigenvalue weighted by Gasteiger charge is -2.12. The van der Waals surface area contributed by atoms with Gasteiger partial charge in [-0.05, 0) is 46.8 Å². The molecule has 298 valence electrons. The van der Waals surface area contributed by atoms with E-state index in [-0.39, 0.29) is 0 Å². The van der Waals surface area contributed by atoms with Gasteiger partial charge < -0.3 is 4.42 Å². The van der Waals surface area contributed by atoms with E-state index in [1.165, 1.54) is 0 Å². The SMILES string of the molecule is c1ccc(-c2nc(-c3ccccc3)nc(-c3cccc4oc5ccc(-c6ccc7c8ccccc8n8c9nc(-c%10ccccc%10)c(-c%10ccccc%10)nc9nc8c7c6)cc5c34)n2)cc1. The van der Waals surface area contributed by atoms with Crippen molar-refractivity contribution in [3.63, 3.8) is 0 Å². The molecule has 0 N–H and O–H groups in total. The van der Waals surface area contributed by atoms with Gasteiger partial charge in [-0.25, -0.2) is 29.9 Å². The number of imidazole rings is 1. The molecule has 0 aliphatic carbocycles. The van der Waals surface area contributed by atoms with Crippen molar-refractivity contribution in [2.45, 2.75) is 0 Å². The molecule has 0 aliphatic rings. The molecular formula is C56H33N7O. The summed E-state index contributed by atoms with van der Waals surface area (Å²) >= 11 is 0. The van der Waals surface area contributed by atoms with Crippen LogP contribution < -0.4 is 0 Å².